The third kappa shape index (κ3) is 4.50. The molecule has 0 unspecified atom stereocenters. The van der Waals surface area contributed by atoms with Crippen molar-refractivity contribution >= 4 is 11.6 Å². The lowest BCUT2D eigenvalue weighted by molar-refractivity contribution is 0.000619. The molecule has 0 atom stereocenters. The van der Waals surface area contributed by atoms with E-state index in [0.29, 0.717) is 23.4 Å². The van der Waals surface area contributed by atoms with Gasteiger partial charge in [-0.05, 0) is 31.6 Å². The summed E-state index contributed by atoms with van der Waals surface area (Å²) in [7, 11) is 1.84. The van der Waals surface area contributed by atoms with E-state index in [-0.39, 0.29) is 0 Å². The van der Waals surface area contributed by atoms with Gasteiger partial charge in [-0.3, -0.25) is 4.68 Å². The molecule has 0 spiro atoms. The highest BCUT2D eigenvalue weighted by molar-refractivity contribution is 6.30. The van der Waals surface area contributed by atoms with Gasteiger partial charge in [0.25, 0.3) is 0 Å². The summed E-state index contributed by atoms with van der Waals surface area (Å²) in [6.45, 7) is 10.5. The molecular weight excluding hydrogens is 260 g/mol. The fourth-order valence-electron chi connectivity index (χ4n) is 2.95. The largest absolute Gasteiger partial charge is 0.390 e. The first-order valence-electron chi connectivity index (χ1n) is 7.05. The van der Waals surface area contributed by atoms with Crippen LogP contribution in [0.15, 0.2) is 0 Å². The number of aromatic nitrogens is 2. The van der Waals surface area contributed by atoms with Crippen molar-refractivity contribution in [3.05, 3.63) is 16.4 Å². The van der Waals surface area contributed by atoms with Crippen molar-refractivity contribution in [1.29, 1.82) is 0 Å². The van der Waals surface area contributed by atoms with Gasteiger partial charge >= 0.3 is 0 Å². The third-order valence-corrected chi connectivity index (χ3v) is 3.82. The van der Waals surface area contributed by atoms with Crippen LogP contribution in [0.5, 0.6) is 0 Å². The molecule has 110 valence electrons. The van der Waals surface area contributed by atoms with Crippen molar-refractivity contribution in [2.75, 3.05) is 0 Å². The lowest BCUT2D eigenvalue weighted by Crippen LogP contribution is -2.35. The van der Waals surface area contributed by atoms with E-state index >= 15 is 0 Å². The van der Waals surface area contributed by atoms with Crippen LogP contribution in [0.2, 0.25) is 5.15 Å². The van der Waals surface area contributed by atoms with Crippen molar-refractivity contribution in [3.8, 4) is 0 Å². The van der Waals surface area contributed by atoms with Gasteiger partial charge in [0.1, 0.15) is 5.15 Å². The number of hydrogen-bond donors (Lipinski definition) is 1. The lowest BCUT2D eigenvalue weighted by Gasteiger charge is -2.31. The molecule has 0 bridgehead atoms. The van der Waals surface area contributed by atoms with Crippen LogP contribution in [0.25, 0.3) is 0 Å². The third-order valence-electron chi connectivity index (χ3n) is 3.35. The quantitative estimate of drug-likeness (QED) is 0.865. The second-order valence-electron chi connectivity index (χ2n) is 6.58. The number of halogens is 1. The highest BCUT2D eigenvalue weighted by Crippen LogP contribution is 2.32. The molecule has 0 fully saturated rings. The Labute approximate surface area is 122 Å². The molecule has 0 saturated carbocycles. The van der Waals surface area contributed by atoms with E-state index in [1.54, 1.807) is 4.68 Å². The number of rotatable bonds is 6. The minimum Gasteiger partial charge on any atom is -0.390 e. The molecule has 0 aromatic carbocycles. The molecule has 0 aliphatic heterocycles. The second kappa shape index (κ2) is 6.27. The Kier molecular flexibility index (Phi) is 5.45. The molecule has 1 aromatic rings. The fourth-order valence-corrected chi connectivity index (χ4v) is 3.19. The smallest absolute Gasteiger partial charge is 0.130 e. The molecular formula is C15H27ClN2O. The standard InChI is InChI=1S/C15H27ClN2O/c1-10(2)7-15(19,8-11(3)4)9-13-12(5)17-18(6)14(13)16/h10-11,19H,7-9H2,1-6H3. The van der Waals surface area contributed by atoms with Crippen LogP contribution in [0.3, 0.4) is 0 Å². The van der Waals surface area contributed by atoms with Gasteiger partial charge in [0.2, 0.25) is 0 Å². The van der Waals surface area contributed by atoms with Gasteiger partial charge in [-0.15, -0.1) is 0 Å². The van der Waals surface area contributed by atoms with Gasteiger partial charge in [-0.25, -0.2) is 0 Å². The van der Waals surface area contributed by atoms with Crippen LogP contribution in [0.1, 0.15) is 51.8 Å². The van der Waals surface area contributed by atoms with Crippen molar-refractivity contribution in [2.45, 2.75) is 59.5 Å². The topological polar surface area (TPSA) is 38.0 Å². The molecule has 1 rings (SSSR count). The Morgan fingerprint density at radius 2 is 1.68 bits per heavy atom. The van der Waals surface area contributed by atoms with E-state index < -0.39 is 5.60 Å². The molecule has 0 radical (unpaired) electrons. The molecule has 1 N–H and O–H groups in total. The summed E-state index contributed by atoms with van der Waals surface area (Å²) in [6.07, 6.45) is 2.16. The summed E-state index contributed by atoms with van der Waals surface area (Å²) >= 11 is 6.28. The van der Waals surface area contributed by atoms with Gasteiger partial charge in [-0.2, -0.15) is 5.10 Å². The molecule has 0 aliphatic rings. The maximum atomic E-state index is 11.0. The van der Waals surface area contributed by atoms with Crippen molar-refractivity contribution in [1.82, 2.24) is 9.78 Å². The fraction of sp³-hybridized carbons (Fsp3) is 0.800. The Morgan fingerprint density at radius 1 is 1.21 bits per heavy atom. The highest BCUT2D eigenvalue weighted by atomic mass is 35.5. The molecule has 0 saturated heterocycles. The van der Waals surface area contributed by atoms with Crippen LogP contribution in [-0.4, -0.2) is 20.5 Å². The van der Waals surface area contributed by atoms with Gasteiger partial charge in [0.15, 0.2) is 0 Å². The minimum absolute atomic E-state index is 0.458. The Bertz CT molecular complexity index is 414. The summed E-state index contributed by atoms with van der Waals surface area (Å²) in [4.78, 5) is 0. The van der Waals surface area contributed by atoms with Crippen LogP contribution in [0.4, 0.5) is 0 Å². The van der Waals surface area contributed by atoms with E-state index in [2.05, 4.69) is 32.8 Å². The Balaban J connectivity index is 2.99. The van der Waals surface area contributed by atoms with Gasteiger partial charge < -0.3 is 5.11 Å². The predicted octanol–water partition coefficient (Wildman–Crippen LogP) is 3.75. The number of aryl methyl sites for hydroxylation is 2. The Morgan fingerprint density at radius 3 is 2.00 bits per heavy atom. The van der Waals surface area contributed by atoms with E-state index in [1.807, 2.05) is 14.0 Å². The number of hydrogen-bond acceptors (Lipinski definition) is 2. The highest BCUT2D eigenvalue weighted by Gasteiger charge is 2.31. The van der Waals surface area contributed by atoms with E-state index in [0.717, 1.165) is 24.1 Å². The maximum Gasteiger partial charge on any atom is 0.130 e. The minimum atomic E-state index is -0.695. The normalized spacial score (nSPS) is 12.7. The van der Waals surface area contributed by atoms with Crippen LogP contribution in [-0.2, 0) is 13.5 Å². The first-order valence-corrected chi connectivity index (χ1v) is 7.43. The molecule has 3 nitrogen and oxygen atoms in total. The van der Waals surface area contributed by atoms with Gasteiger partial charge in [0, 0.05) is 19.0 Å². The van der Waals surface area contributed by atoms with Crippen molar-refractivity contribution in [2.24, 2.45) is 18.9 Å². The van der Waals surface area contributed by atoms with E-state index in [9.17, 15) is 5.11 Å². The summed E-state index contributed by atoms with van der Waals surface area (Å²) in [5.74, 6) is 0.916. The Hall–Kier alpha value is -0.540. The summed E-state index contributed by atoms with van der Waals surface area (Å²) in [6, 6.07) is 0. The molecule has 1 aromatic heterocycles. The zero-order valence-corrected chi connectivity index (χ0v) is 13.8. The summed E-state index contributed by atoms with van der Waals surface area (Å²) in [5, 5.41) is 15.9. The lowest BCUT2D eigenvalue weighted by atomic mass is 9.81. The van der Waals surface area contributed by atoms with Crippen molar-refractivity contribution < 1.29 is 5.11 Å². The SMILES string of the molecule is Cc1nn(C)c(Cl)c1CC(O)(CC(C)C)CC(C)C. The average Bonchev–Trinajstić information content (AvgIpc) is 2.42. The molecule has 1 heterocycles. The number of aliphatic hydroxyl groups is 1. The molecule has 19 heavy (non-hydrogen) atoms. The zero-order valence-electron chi connectivity index (χ0n) is 13.0. The summed E-state index contributed by atoms with van der Waals surface area (Å²) in [5.41, 5.74) is 1.20. The molecule has 0 amide bonds. The monoisotopic (exact) mass is 286 g/mol. The van der Waals surface area contributed by atoms with Crippen LogP contribution < -0.4 is 0 Å². The van der Waals surface area contributed by atoms with Gasteiger partial charge in [0.05, 0.1) is 11.3 Å². The maximum absolute atomic E-state index is 11.0. The first-order chi connectivity index (χ1) is 8.64. The van der Waals surface area contributed by atoms with E-state index in [4.69, 9.17) is 11.6 Å². The van der Waals surface area contributed by atoms with Crippen LogP contribution in [0, 0.1) is 18.8 Å². The first kappa shape index (κ1) is 16.5. The molecule has 4 heteroatoms. The second-order valence-corrected chi connectivity index (χ2v) is 6.93. The van der Waals surface area contributed by atoms with Gasteiger partial charge in [-0.1, -0.05) is 39.3 Å². The summed E-state index contributed by atoms with van der Waals surface area (Å²) < 4.78 is 1.68. The van der Waals surface area contributed by atoms with Crippen LogP contribution >= 0.6 is 11.6 Å². The number of nitrogens with zero attached hydrogens (tertiary/aromatic N) is 2. The molecule has 0 aliphatic carbocycles. The van der Waals surface area contributed by atoms with Crippen molar-refractivity contribution in [3.63, 3.8) is 0 Å². The zero-order chi connectivity index (χ0) is 14.8. The van der Waals surface area contributed by atoms with E-state index in [1.165, 1.54) is 0 Å². The predicted molar refractivity (Wildman–Crippen MR) is 80.5 cm³/mol. The average molecular weight is 287 g/mol.